The lowest BCUT2D eigenvalue weighted by Crippen LogP contribution is -2.36. The Morgan fingerprint density at radius 3 is 2.50 bits per heavy atom. The summed E-state index contributed by atoms with van der Waals surface area (Å²) in [4.78, 5) is 10.6. The maximum absolute atomic E-state index is 12.5. The summed E-state index contributed by atoms with van der Waals surface area (Å²) in [6.07, 6.45) is 0. The molecule has 0 amide bonds. The minimum absolute atomic E-state index is 0.0211. The van der Waals surface area contributed by atoms with Crippen LogP contribution in [0.2, 0.25) is 0 Å². The molecule has 0 spiro atoms. The maximum atomic E-state index is 12.5. The molecule has 0 bridgehead atoms. The van der Waals surface area contributed by atoms with Crippen molar-refractivity contribution in [1.29, 1.82) is 0 Å². The summed E-state index contributed by atoms with van der Waals surface area (Å²) >= 11 is 0. The van der Waals surface area contributed by atoms with Gasteiger partial charge in [-0.05, 0) is 24.3 Å². The Hall–Kier alpha value is -1.62. The third kappa shape index (κ3) is 2.70. The summed E-state index contributed by atoms with van der Waals surface area (Å²) in [6, 6.07) is 4.57. The number of hydrogen-bond donors (Lipinski definition) is 3. The Bertz CT molecular complexity index is 313. The van der Waals surface area contributed by atoms with Crippen LogP contribution in [-0.2, 0) is 4.79 Å². The van der Waals surface area contributed by atoms with Gasteiger partial charge in [0.05, 0.1) is 0 Å². The summed E-state index contributed by atoms with van der Waals surface area (Å²) in [5.74, 6) is -1.40. The summed E-state index contributed by atoms with van der Waals surface area (Å²) in [5.41, 5.74) is 5.77. The predicted octanol–water partition coefficient (Wildman–Crippen LogP) is 0.649. The molecule has 4 N–H and O–H groups in total. The molecular formula is C9H11FN2O2. The first-order valence-electron chi connectivity index (χ1n) is 4.08. The van der Waals surface area contributed by atoms with E-state index in [1.807, 2.05) is 0 Å². The number of carboxylic acid groups (broad SMARTS) is 1. The van der Waals surface area contributed by atoms with Crippen LogP contribution in [0.5, 0.6) is 0 Å². The fraction of sp³-hybridized carbons (Fsp3) is 0.222. The van der Waals surface area contributed by atoms with E-state index >= 15 is 0 Å². The topological polar surface area (TPSA) is 75.3 Å². The zero-order chi connectivity index (χ0) is 10.6. The second-order valence-corrected chi connectivity index (χ2v) is 2.78. The highest BCUT2D eigenvalue weighted by Crippen LogP contribution is 2.09. The number of rotatable bonds is 4. The van der Waals surface area contributed by atoms with Crippen molar-refractivity contribution in [3.63, 3.8) is 0 Å². The lowest BCUT2D eigenvalue weighted by molar-refractivity contribution is -0.137. The number of halogens is 1. The van der Waals surface area contributed by atoms with Gasteiger partial charge in [0.15, 0.2) is 0 Å². The van der Waals surface area contributed by atoms with Crippen molar-refractivity contribution >= 4 is 11.7 Å². The van der Waals surface area contributed by atoms with Gasteiger partial charge in [0, 0.05) is 12.2 Å². The Morgan fingerprint density at radius 1 is 1.50 bits per heavy atom. The van der Waals surface area contributed by atoms with E-state index < -0.39 is 12.0 Å². The van der Waals surface area contributed by atoms with Crippen LogP contribution in [-0.4, -0.2) is 23.7 Å². The van der Waals surface area contributed by atoms with Crippen molar-refractivity contribution in [1.82, 2.24) is 0 Å². The van der Waals surface area contributed by atoms with Crippen LogP contribution >= 0.6 is 0 Å². The van der Waals surface area contributed by atoms with Gasteiger partial charge >= 0.3 is 5.97 Å². The molecule has 5 heteroatoms. The van der Waals surface area contributed by atoms with Crippen LogP contribution in [0.25, 0.3) is 0 Å². The predicted molar refractivity (Wildman–Crippen MR) is 50.5 cm³/mol. The zero-order valence-electron chi connectivity index (χ0n) is 7.40. The fourth-order valence-corrected chi connectivity index (χ4v) is 0.969. The van der Waals surface area contributed by atoms with Gasteiger partial charge in [0.2, 0.25) is 0 Å². The molecule has 0 saturated carbocycles. The first kappa shape index (κ1) is 10.5. The number of hydrogen-bond acceptors (Lipinski definition) is 3. The van der Waals surface area contributed by atoms with E-state index in [2.05, 4.69) is 5.32 Å². The molecule has 4 nitrogen and oxygen atoms in total. The average Bonchev–Trinajstić information content (AvgIpc) is 2.16. The van der Waals surface area contributed by atoms with Gasteiger partial charge in [-0.3, -0.25) is 0 Å². The molecule has 0 heterocycles. The lowest BCUT2D eigenvalue weighted by atomic mass is 10.2. The monoisotopic (exact) mass is 198 g/mol. The fourth-order valence-electron chi connectivity index (χ4n) is 0.969. The molecular weight excluding hydrogens is 187 g/mol. The van der Waals surface area contributed by atoms with Gasteiger partial charge in [-0.2, -0.15) is 0 Å². The minimum Gasteiger partial charge on any atom is -0.480 e. The van der Waals surface area contributed by atoms with E-state index in [-0.39, 0.29) is 12.4 Å². The summed E-state index contributed by atoms with van der Waals surface area (Å²) in [5, 5.41) is 11.3. The molecule has 14 heavy (non-hydrogen) atoms. The number of anilines is 1. The summed E-state index contributed by atoms with van der Waals surface area (Å²) in [7, 11) is 0. The molecule has 76 valence electrons. The van der Waals surface area contributed by atoms with E-state index in [1.54, 1.807) is 0 Å². The van der Waals surface area contributed by atoms with Gasteiger partial charge in [-0.15, -0.1) is 0 Å². The second-order valence-electron chi connectivity index (χ2n) is 2.78. The van der Waals surface area contributed by atoms with Crippen molar-refractivity contribution < 1.29 is 14.3 Å². The van der Waals surface area contributed by atoms with Crippen LogP contribution in [0.1, 0.15) is 0 Å². The van der Waals surface area contributed by atoms with Gasteiger partial charge in [-0.25, -0.2) is 9.18 Å². The molecule has 0 aliphatic carbocycles. The van der Waals surface area contributed by atoms with E-state index in [0.29, 0.717) is 5.69 Å². The molecule has 0 aromatic heterocycles. The minimum atomic E-state index is -1.03. The Kier molecular flexibility index (Phi) is 3.41. The highest BCUT2D eigenvalue weighted by molar-refractivity contribution is 5.77. The van der Waals surface area contributed by atoms with Gasteiger partial charge in [-0.1, -0.05) is 0 Å². The quantitative estimate of drug-likeness (QED) is 0.664. The average molecular weight is 198 g/mol. The summed E-state index contributed by atoms with van der Waals surface area (Å²) < 4.78 is 12.5. The molecule has 1 aromatic carbocycles. The standard InChI is InChI=1S/C9H11FN2O2/c10-6-1-3-7(4-2-6)12-8(5-11)9(13)14/h1-4,8,12H,5,11H2,(H,13,14). The highest BCUT2D eigenvalue weighted by Gasteiger charge is 2.14. The number of carbonyl (C=O) groups is 1. The van der Waals surface area contributed by atoms with Gasteiger partial charge < -0.3 is 16.2 Å². The zero-order valence-corrected chi connectivity index (χ0v) is 7.40. The van der Waals surface area contributed by atoms with Crippen molar-refractivity contribution in [2.24, 2.45) is 5.73 Å². The van der Waals surface area contributed by atoms with E-state index in [0.717, 1.165) is 0 Å². The number of carboxylic acids is 1. The van der Waals surface area contributed by atoms with Crippen molar-refractivity contribution in [2.75, 3.05) is 11.9 Å². The molecule has 1 rings (SSSR count). The molecule has 1 aromatic rings. The van der Waals surface area contributed by atoms with Gasteiger partial charge in [0.25, 0.3) is 0 Å². The highest BCUT2D eigenvalue weighted by atomic mass is 19.1. The third-order valence-corrected chi connectivity index (χ3v) is 1.72. The Balaban J connectivity index is 2.67. The van der Waals surface area contributed by atoms with Crippen molar-refractivity contribution in [2.45, 2.75) is 6.04 Å². The molecule has 0 aliphatic rings. The largest absolute Gasteiger partial charge is 0.480 e. The first-order valence-corrected chi connectivity index (χ1v) is 4.08. The van der Waals surface area contributed by atoms with E-state index in [9.17, 15) is 9.18 Å². The van der Waals surface area contributed by atoms with E-state index in [4.69, 9.17) is 10.8 Å². The van der Waals surface area contributed by atoms with Crippen LogP contribution in [0.15, 0.2) is 24.3 Å². The maximum Gasteiger partial charge on any atom is 0.327 e. The smallest absolute Gasteiger partial charge is 0.327 e. The van der Waals surface area contributed by atoms with Crippen LogP contribution in [0.3, 0.4) is 0 Å². The molecule has 1 atom stereocenters. The van der Waals surface area contributed by atoms with Gasteiger partial charge in [0.1, 0.15) is 11.9 Å². The van der Waals surface area contributed by atoms with Crippen LogP contribution < -0.4 is 11.1 Å². The molecule has 0 fully saturated rings. The SMILES string of the molecule is NCC(Nc1ccc(F)cc1)C(=O)O. The number of aliphatic carboxylic acids is 1. The third-order valence-electron chi connectivity index (χ3n) is 1.72. The Morgan fingerprint density at radius 2 is 2.07 bits per heavy atom. The molecule has 0 aliphatic heterocycles. The normalized spacial score (nSPS) is 12.1. The number of nitrogens with one attached hydrogen (secondary N) is 1. The van der Waals surface area contributed by atoms with E-state index in [1.165, 1.54) is 24.3 Å². The molecule has 0 saturated heterocycles. The first-order chi connectivity index (χ1) is 6.63. The number of benzene rings is 1. The lowest BCUT2D eigenvalue weighted by Gasteiger charge is -2.12. The molecule has 0 radical (unpaired) electrons. The van der Waals surface area contributed by atoms with Crippen molar-refractivity contribution in [3.8, 4) is 0 Å². The second kappa shape index (κ2) is 4.57. The number of nitrogens with two attached hydrogens (primary N) is 1. The molecule has 1 unspecified atom stereocenters. The van der Waals surface area contributed by atoms with Crippen molar-refractivity contribution in [3.05, 3.63) is 30.1 Å². The van der Waals surface area contributed by atoms with Crippen LogP contribution in [0.4, 0.5) is 10.1 Å². The van der Waals surface area contributed by atoms with Crippen LogP contribution in [0, 0.1) is 5.82 Å². The summed E-state index contributed by atoms with van der Waals surface area (Å²) in [6.45, 7) is -0.0211. The Labute approximate surface area is 80.5 Å².